The minimum atomic E-state index is -1.05. The second kappa shape index (κ2) is 10.7. The Balaban J connectivity index is 1.38. The third-order valence-corrected chi connectivity index (χ3v) is 5.56. The van der Waals surface area contributed by atoms with Crippen LogP contribution in [0.4, 0.5) is 16.2 Å². The SMILES string of the molecule is CCOC(=O)Oc1ccc(C(=O)Nc2cccc(NC(=O)C(C)N3C(=O)c4ccccc4C3=O)c2)cc1. The van der Waals surface area contributed by atoms with Crippen molar-refractivity contribution in [3.05, 3.63) is 89.5 Å². The number of hydrogen-bond donors (Lipinski definition) is 2. The third-order valence-electron chi connectivity index (χ3n) is 5.56. The average Bonchev–Trinajstić information content (AvgIpc) is 3.14. The maximum atomic E-state index is 12.9. The average molecular weight is 501 g/mol. The highest BCUT2D eigenvalue weighted by atomic mass is 16.7. The first-order chi connectivity index (χ1) is 17.8. The Labute approximate surface area is 212 Å². The van der Waals surface area contributed by atoms with Gasteiger partial charge < -0.3 is 20.1 Å². The van der Waals surface area contributed by atoms with E-state index in [1.165, 1.54) is 31.2 Å². The van der Waals surface area contributed by atoms with Crippen molar-refractivity contribution < 1.29 is 33.4 Å². The number of nitrogens with one attached hydrogen (secondary N) is 2. The zero-order valence-electron chi connectivity index (χ0n) is 20.0. The van der Waals surface area contributed by atoms with Crippen LogP contribution in [-0.4, -0.2) is 47.3 Å². The summed E-state index contributed by atoms with van der Waals surface area (Å²) in [5.41, 5.74) is 1.60. The van der Waals surface area contributed by atoms with Gasteiger partial charge >= 0.3 is 6.16 Å². The van der Waals surface area contributed by atoms with E-state index in [0.717, 1.165) is 4.90 Å². The molecule has 1 atom stereocenters. The van der Waals surface area contributed by atoms with Gasteiger partial charge in [0.05, 0.1) is 17.7 Å². The Bertz CT molecular complexity index is 1350. The fraction of sp³-hybridized carbons (Fsp3) is 0.148. The first-order valence-electron chi connectivity index (χ1n) is 11.4. The predicted molar refractivity (Wildman–Crippen MR) is 134 cm³/mol. The summed E-state index contributed by atoms with van der Waals surface area (Å²) in [6.45, 7) is 3.31. The molecule has 1 aliphatic rings. The molecule has 0 aliphatic carbocycles. The van der Waals surface area contributed by atoms with Crippen molar-refractivity contribution in [2.45, 2.75) is 19.9 Å². The number of ether oxygens (including phenoxy) is 2. The predicted octanol–water partition coefficient (Wildman–Crippen LogP) is 4.10. The maximum Gasteiger partial charge on any atom is 0.513 e. The van der Waals surface area contributed by atoms with Gasteiger partial charge in [0.1, 0.15) is 11.8 Å². The molecule has 0 radical (unpaired) electrons. The number of benzene rings is 3. The number of fused-ring (bicyclic) bond motifs is 1. The van der Waals surface area contributed by atoms with Crippen LogP contribution in [0.3, 0.4) is 0 Å². The van der Waals surface area contributed by atoms with Crippen molar-refractivity contribution in [2.75, 3.05) is 17.2 Å². The number of amides is 4. The fourth-order valence-corrected chi connectivity index (χ4v) is 3.72. The first-order valence-corrected chi connectivity index (χ1v) is 11.4. The Kier molecular flexibility index (Phi) is 7.28. The van der Waals surface area contributed by atoms with E-state index in [-0.39, 0.29) is 23.5 Å². The molecule has 3 aromatic rings. The summed E-state index contributed by atoms with van der Waals surface area (Å²) in [7, 11) is 0. The lowest BCUT2D eigenvalue weighted by Crippen LogP contribution is -2.45. The Morgan fingerprint density at radius 3 is 2.03 bits per heavy atom. The molecule has 10 heteroatoms. The van der Waals surface area contributed by atoms with Crippen LogP contribution in [0, 0.1) is 0 Å². The van der Waals surface area contributed by atoms with Gasteiger partial charge in [-0.05, 0) is 68.4 Å². The Morgan fingerprint density at radius 1 is 0.838 bits per heavy atom. The molecule has 4 amide bonds. The van der Waals surface area contributed by atoms with Crippen molar-refractivity contribution in [2.24, 2.45) is 0 Å². The summed E-state index contributed by atoms with van der Waals surface area (Å²) < 4.78 is 9.67. The molecule has 4 rings (SSSR count). The molecule has 1 aliphatic heterocycles. The zero-order chi connectivity index (χ0) is 26.5. The molecular formula is C27H23N3O7. The van der Waals surface area contributed by atoms with Crippen LogP contribution >= 0.6 is 0 Å². The number of hydrogen-bond acceptors (Lipinski definition) is 7. The van der Waals surface area contributed by atoms with Crippen LogP contribution in [-0.2, 0) is 9.53 Å². The normalized spacial score (nSPS) is 13.0. The summed E-state index contributed by atoms with van der Waals surface area (Å²) in [6, 6.07) is 17.7. The quantitative estimate of drug-likeness (QED) is 0.283. The van der Waals surface area contributed by atoms with Crippen LogP contribution in [0.25, 0.3) is 0 Å². The van der Waals surface area contributed by atoms with E-state index >= 15 is 0 Å². The molecule has 0 aromatic heterocycles. The van der Waals surface area contributed by atoms with Crippen molar-refractivity contribution in [3.8, 4) is 5.75 Å². The summed E-state index contributed by atoms with van der Waals surface area (Å²) in [4.78, 5) is 63.1. The molecule has 1 heterocycles. The summed E-state index contributed by atoms with van der Waals surface area (Å²) in [6.07, 6.45) is -0.837. The Hall–Kier alpha value is -4.99. The smallest absolute Gasteiger partial charge is 0.434 e. The molecule has 0 spiro atoms. The van der Waals surface area contributed by atoms with E-state index in [1.807, 2.05) is 0 Å². The van der Waals surface area contributed by atoms with Crippen LogP contribution in [0.2, 0.25) is 0 Å². The molecule has 0 saturated carbocycles. The molecule has 188 valence electrons. The van der Waals surface area contributed by atoms with Gasteiger partial charge in [0, 0.05) is 16.9 Å². The van der Waals surface area contributed by atoms with E-state index in [9.17, 15) is 24.0 Å². The second-order valence-corrected chi connectivity index (χ2v) is 8.04. The van der Waals surface area contributed by atoms with Gasteiger partial charge in [0.25, 0.3) is 17.7 Å². The van der Waals surface area contributed by atoms with Gasteiger partial charge in [0.2, 0.25) is 5.91 Å². The van der Waals surface area contributed by atoms with Crippen molar-refractivity contribution >= 4 is 41.2 Å². The number of nitrogens with zero attached hydrogens (tertiary/aromatic N) is 1. The van der Waals surface area contributed by atoms with Gasteiger partial charge in [-0.15, -0.1) is 0 Å². The first kappa shape index (κ1) is 25.1. The van der Waals surface area contributed by atoms with Crippen LogP contribution in [0.1, 0.15) is 44.9 Å². The summed E-state index contributed by atoms with van der Waals surface area (Å²) in [5.74, 6) is -1.81. The number of carbonyl (C=O) groups excluding carboxylic acids is 5. The molecule has 0 bridgehead atoms. The van der Waals surface area contributed by atoms with E-state index in [1.54, 1.807) is 55.5 Å². The summed E-state index contributed by atoms with van der Waals surface area (Å²) in [5, 5.41) is 5.40. The lowest BCUT2D eigenvalue weighted by atomic mass is 10.1. The van der Waals surface area contributed by atoms with Crippen molar-refractivity contribution in [1.82, 2.24) is 4.90 Å². The van der Waals surface area contributed by atoms with Crippen LogP contribution < -0.4 is 15.4 Å². The highest BCUT2D eigenvalue weighted by Gasteiger charge is 2.40. The molecule has 2 N–H and O–H groups in total. The van der Waals surface area contributed by atoms with Gasteiger partial charge in [-0.3, -0.25) is 24.1 Å². The van der Waals surface area contributed by atoms with Gasteiger partial charge in [-0.2, -0.15) is 0 Å². The lowest BCUT2D eigenvalue weighted by Gasteiger charge is -2.21. The van der Waals surface area contributed by atoms with Crippen LogP contribution in [0.15, 0.2) is 72.8 Å². The highest BCUT2D eigenvalue weighted by molar-refractivity contribution is 6.23. The minimum absolute atomic E-state index is 0.181. The van der Waals surface area contributed by atoms with E-state index in [2.05, 4.69) is 10.6 Å². The molecule has 0 saturated heterocycles. The number of imide groups is 1. The van der Waals surface area contributed by atoms with Crippen LogP contribution in [0.5, 0.6) is 5.75 Å². The van der Waals surface area contributed by atoms with Gasteiger partial charge in [-0.1, -0.05) is 18.2 Å². The molecule has 3 aromatic carbocycles. The monoisotopic (exact) mass is 501 g/mol. The molecule has 10 nitrogen and oxygen atoms in total. The van der Waals surface area contributed by atoms with E-state index < -0.39 is 35.8 Å². The largest absolute Gasteiger partial charge is 0.513 e. The lowest BCUT2D eigenvalue weighted by molar-refractivity contribution is -0.119. The number of carbonyl (C=O) groups is 5. The van der Waals surface area contributed by atoms with Gasteiger partial charge in [-0.25, -0.2) is 4.79 Å². The van der Waals surface area contributed by atoms with Crippen molar-refractivity contribution in [1.29, 1.82) is 0 Å². The molecule has 1 unspecified atom stereocenters. The molecular weight excluding hydrogens is 478 g/mol. The van der Waals surface area contributed by atoms with Gasteiger partial charge in [0.15, 0.2) is 0 Å². The highest BCUT2D eigenvalue weighted by Crippen LogP contribution is 2.25. The number of anilines is 2. The number of rotatable bonds is 7. The fourth-order valence-electron chi connectivity index (χ4n) is 3.72. The topological polar surface area (TPSA) is 131 Å². The Morgan fingerprint density at radius 2 is 1.43 bits per heavy atom. The maximum absolute atomic E-state index is 12.9. The molecule has 37 heavy (non-hydrogen) atoms. The summed E-state index contributed by atoms with van der Waals surface area (Å²) >= 11 is 0. The second-order valence-electron chi connectivity index (χ2n) is 8.04. The standard InChI is InChI=1S/C27H23N3O7/c1-3-36-27(35)37-20-13-11-17(12-14-20)24(32)29-19-8-6-7-18(15-19)28-23(31)16(2)30-25(33)21-9-4-5-10-22(21)26(30)34/h4-16H,3H2,1-2H3,(H,28,31)(H,29,32). The van der Waals surface area contributed by atoms with Crippen molar-refractivity contribution in [3.63, 3.8) is 0 Å². The zero-order valence-corrected chi connectivity index (χ0v) is 20.0. The third kappa shape index (κ3) is 5.48. The van der Waals surface area contributed by atoms with E-state index in [0.29, 0.717) is 16.9 Å². The van der Waals surface area contributed by atoms with E-state index in [4.69, 9.17) is 9.47 Å². The minimum Gasteiger partial charge on any atom is -0.434 e. The molecule has 0 fully saturated rings.